The quantitative estimate of drug-likeness (QED) is 0.665. The zero-order valence-corrected chi connectivity index (χ0v) is 15.5. The number of halogens is 1. The average molecular weight is 359 g/mol. The van der Waals surface area contributed by atoms with Crippen molar-refractivity contribution >= 4 is 11.6 Å². The van der Waals surface area contributed by atoms with Crippen molar-refractivity contribution in [1.82, 2.24) is 0 Å². The first-order valence-corrected chi connectivity index (χ1v) is 9.20. The Labute approximate surface area is 159 Å². The summed E-state index contributed by atoms with van der Waals surface area (Å²) in [6.07, 6.45) is 0.722. The maximum atomic E-state index is 14.0. The highest BCUT2D eigenvalue weighted by Gasteiger charge is 2.60. The van der Waals surface area contributed by atoms with Gasteiger partial charge in [-0.1, -0.05) is 71.8 Å². The van der Waals surface area contributed by atoms with Crippen LogP contribution in [0.5, 0.6) is 0 Å². The Kier molecular flexibility index (Phi) is 4.31. The van der Waals surface area contributed by atoms with E-state index in [4.69, 9.17) is 0 Å². The summed E-state index contributed by atoms with van der Waals surface area (Å²) < 4.78 is 14.0. The number of nitrogens with one attached hydrogen (secondary N) is 1. The number of anilines is 1. The molecule has 4 rings (SSSR count). The van der Waals surface area contributed by atoms with Crippen LogP contribution in [0, 0.1) is 25.6 Å². The van der Waals surface area contributed by atoms with Gasteiger partial charge in [-0.15, -0.1) is 0 Å². The molecule has 1 N–H and O–H groups in total. The van der Waals surface area contributed by atoms with Gasteiger partial charge in [0.2, 0.25) is 5.91 Å². The standard InChI is InChI=1S/C24H22FNO/c1-16-7-5-9-18(13-16)24(19-10-6-8-17(2)14-19)15-20(24)23(27)26-22-12-4-3-11-21(22)25/h3-14,20H,15H2,1-2H3,(H,26,27)/t20-/m1/s1. The van der Waals surface area contributed by atoms with E-state index in [-0.39, 0.29) is 22.9 Å². The molecule has 0 aliphatic heterocycles. The molecule has 1 saturated carbocycles. The first-order valence-electron chi connectivity index (χ1n) is 9.20. The minimum absolute atomic E-state index is 0.136. The minimum atomic E-state index is -0.414. The summed E-state index contributed by atoms with van der Waals surface area (Å²) in [5.74, 6) is -0.771. The fraction of sp³-hybridized carbons (Fsp3) is 0.208. The Morgan fingerprint density at radius 3 is 2.07 bits per heavy atom. The summed E-state index contributed by atoms with van der Waals surface area (Å²) in [5, 5.41) is 2.78. The van der Waals surface area contributed by atoms with Crippen LogP contribution >= 0.6 is 0 Å². The molecule has 136 valence electrons. The second-order valence-corrected chi connectivity index (χ2v) is 7.44. The molecule has 0 unspecified atom stereocenters. The number of hydrogen-bond donors (Lipinski definition) is 1. The molecule has 1 aliphatic rings. The molecule has 2 nitrogen and oxygen atoms in total. The van der Waals surface area contributed by atoms with E-state index in [0.29, 0.717) is 0 Å². The average Bonchev–Trinajstić information content (AvgIpc) is 3.41. The molecule has 3 heteroatoms. The van der Waals surface area contributed by atoms with Gasteiger partial charge in [-0.3, -0.25) is 4.79 Å². The van der Waals surface area contributed by atoms with Crippen molar-refractivity contribution in [2.45, 2.75) is 25.7 Å². The number of carbonyl (C=O) groups is 1. The molecule has 1 amide bonds. The van der Waals surface area contributed by atoms with Crippen LogP contribution < -0.4 is 5.32 Å². The van der Waals surface area contributed by atoms with Crippen molar-refractivity contribution in [3.63, 3.8) is 0 Å². The number of aryl methyl sites for hydroxylation is 2. The summed E-state index contributed by atoms with van der Waals surface area (Å²) in [5.41, 5.74) is 4.49. The van der Waals surface area contributed by atoms with Gasteiger partial charge in [0.25, 0.3) is 0 Å². The van der Waals surface area contributed by atoms with Crippen molar-refractivity contribution in [3.8, 4) is 0 Å². The molecule has 1 fully saturated rings. The van der Waals surface area contributed by atoms with E-state index in [1.807, 2.05) is 12.1 Å². The lowest BCUT2D eigenvalue weighted by atomic mass is 9.84. The van der Waals surface area contributed by atoms with Crippen LogP contribution in [0.25, 0.3) is 0 Å². The molecule has 0 spiro atoms. The van der Waals surface area contributed by atoms with E-state index in [1.54, 1.807) is 18.2 Å². The van der Waals surface area contributed by atoms with Crippen LogP contribution in [0.4, 0.5) is 10.1 Å². The normalized spacial score (nSPS) is 17.4. The number of rotatable bonds is 4. The number of hydrogen-bond acceptors (Lipinski definition) is 1. The summed E-state index contributed by atoms with van der Waals surface area (Å²) in [6.45, 7) is 4.12. The smallest absolute Gasteiger partial charge is 0.228 e. The van der Waals surface area contributed by atoms with E-state index >= 15 is 0 Å². The van der Waals surface area contributed by atoms with Crippen molar-refractivity contribution in [2.75, 3.05) is 5.32 Å². The van der Waals surface area contributed by atoms with E-state index in [0.717, 1.165) is 17.5 Å². The zero-order chi connectivity index (χ0) is 19.0. The summed E-state index contributed by atoms with van der Waals surface area (Å²) >= 11 is 0. The Morgan fingerprint density at radius 1 is 0.926 bits per heavy atom. The summed E-state index contributed by atoms with van der Waals surface area (Å²) in [4.78, 5) is 13.0. The summed E-state index contributed by atoms with van der Waals surface area (Å²) in [7, 11) is 0. The zero-order valence-electron chi connectivity index (χ0n) is 15.5. The van der Waals surface area contributed by atoms with Crippen molar-refractivity contribution in [2.24, 2.45) is 5.92 Å². The van der Waals surface area contributed by atoms with Crippen LogP contribution in [0.2, 0.25) is 0 Å². The topological polar surface area (TPSA) is 29.1 Å². The van der Waals surface area contributed by atoms with Gasteiger partial charge < -0.3 is 5.32 Å². The third-order valence-electron chi connectivity index (χ3n) is 5.48. The van der Waals surface area contributed by atoms with Crippen LogP contribution in [0.1, 0.15) is 28.7 Å². The molecular weight excluding hydrogens is 337 g/mol. The van der Waals surface area contributed by atoms with Crippen LogP contribution in [0.3, 0.4) is 0 Å². The number of carbonyl (C=O) groups excluding carboxylic acids is 1. The van der Waals surface area contributed by atoms with Gasteiger partial charge in [-0.05, 0) is 43.5 Å². The predicted octanol–water partition coefficient (Wildman–Crippen LogP) is 5.39. The largest absolute Gasteiger partial charge is 0.323 e. The third-order valence-corrected chi connectivity index (χ3v) is 5.48. The lowest BCUT2D eigenvalue weighted by molar-refractivity contribution is -0.117. The Hall–Kier alpha value is -2.94. The van der Waals surface area contributed by atoms with Gasteiger partial charge in [-0.2, -0.15) is 0 Å². The second kappa shape index (κ2) is 6.66. The van der Waals surface area contributed by atoms with E-state index in [1.165, 1.54) is 17.2 Å². The fourth-order valence-corrected chi connectivity index (χ4v) is 4.01. The van der Waals surface area contributed by atoms with Gasteiger partial charge in [-0.25, -0.2) is 4.39 Å². The van der Waals surface area contributed by atoms with E-state index < -0.39 is 5.82 Å². The van der Waals surface area contributed by atoms with Gasteiger partial charge in [0.15, 0.2) is 0 Å². The van der Waals surface area contributed by atoms with Crippen LogP contribution in [-0.4, -0.2) is 5.91 Å². The van der Waals surface area contributed by atoms with E-state index in [2.05, 4.69) is 55.6 Å². The first kappa shape index (κ1) is 17.5. The van der Waals surface area contributed by atoms with Crippen LogP contribution in [0.15, 0.2) is 72.8 Å². The predicted molar refractivity (Wildman–Crippen MR) is 106 cm³/mol. The molecule has 3 aromatic rings. The molecule has 27 heavy (non-hydrogen) atoms. The first-order chi connectivity index (χ1) is 13.0. The Balaban J connectivity index is 1.71. The van der Waals surface area contributed by atoms with E-state index in [9.17, 15) is 9.18 Å². The molecular formula is C24H22FNO. The summed E-state index contributed by atoms with van der Waals surface area (Å²) in [6, 6.07) is 23.0. The minimum Gasteiger partial charge on any atom is -0.323 e. The van der Waals surface area contributed by atoms with Crippen molar-refractivity contribution in [3.05, 3.63) is 101 Å². The molecule has 1 atom stereocenters. The molecule has 0 radical (unpaired) electrons. The van der Waals surface area contributed by atoms with Crippen molar-refractivity contribution in [1.29, 1.82) is 0 Å². The molecule has 0 heterocycles. The van der Waals surface area contributed by atoms with Gasteiger partial charge in [0.05, 0.1) is 11.6 Å². The Bertz CT molecular complexity index is 965. The number of benzene rings is 3. The Morgan fingerprint density at radius 2 is 1.52 bits per heavy atom. The second-order valence-electron chi connectivity index (χ2n) is 7.44. The van der Waals surface area contributed by atoms with Gasteiger partial charge >= 0.3 is 0 Å². The SMILES string of the molecule is Cc1cccc(C2(c3cccc(C)c3)C[C@@H]2C(=O)Nc2ccccc2F)c1. The molecule has 0 aromatic heterocycles. The number of para-hydroxylation sites is 1. The third kappa shape index (κ3) is 3.14. The molecule has 0 saturated heterocycles. The van der Waals surface area contributed by atoms with Crippen molar-refractivity contribution < 1.29 is 9.18 Å². The highest BCUT2D eigenvalue weighted by molar-refractivity contribution is 5.97. The molecule has 3 aromatic carbocycles. The highest BCUT2D eigenvalue weighted by Crippen LogP contribution is 2.59. The maximum Gasteiger partial charge on any atom is 0.228 e. The fourth-order valence-electron chi connectivity index (χ4n) is 4.01. The maximum absolute atomic E-state index is 14.0. The lowest BCUT2D eigenvalue weighted by Crippen LogP contribution is -2.23. The van der Waals surface area contributed by atoms with Gasteiger partial charge in [0.1, 0.15) is 5.82 Å². The molecule has 1 aliphatic carbocycles. The van der Waals surface area contributed by atoms with Crippen LogP contribution in [-0.2, 0) is 10.2 Å². The lowest BCUT2D eigenvalue weighted by Gasteiger charge is -2.20. The monoisotopic (exact) mass is 359 g/mol. The molecule has 0 bridgehead atoms. The van der Waals surface area contributed by atoms with Gasteiger partial charge in [0, 0.05) is 5.41 Å². The highest BCUT2D eigenvalue weighted by atomic mass is 19.1. The number of amides is 1.